The summed E-state index contributed by atoms with van der Waals surface area (Å²) in [6, 6.07) is 17.3. The van der Waals surface area contributed by atoms with Crippen LogP contribution >= 0.6 is 0 Å². The molecule has 0 spiro atoms. The molecular weight excluding hydrogens is 312 g/mol. The largest absolute Gasteiger partial charge is 0.497 e. The van der Waals surface area contributed by atoms with Crippen molar-refractivity contribution in [3.63, 3.8) is 0 Å². The van der Waals surface area contributed by atoms with Gasteiger partial charge in [0.1, 0.15) is 11.8 Å². The molecule has 1 atom stereocenters. The highest BCUT2D eigenvalue weighted by atomic mass is 16.5. The number of anilines is 1. The first kappa shape index (κ1) is 17.5. The summed E-state index contributed by atoms with van der Waals surface area (Å²) >= 11 is 0. The van der Waals surface area contributed by atoms with Gasteiger partial charge in [-0.05, 0) is 43.6 Å². The van der Waals surface area contributed by atoms with E-state index < -0.39 is 0 Å². The Labute approximate surface area is 149 Å². The third-order valence-electron chi connectivity index (χ3n) is 4.71. The van der Waals surface area contributed by atoms with Crippen LogP contribution in [-0.4, -0.2) is 31.0 Å². The molecule has 0 aromatic heterocycles. The van der Waals surface area contributed by atoms with E-state index in [1.165, 1.54) is 12.8 Å². The Balaban J connectivity index is 1.83. The van der Waals surface area contributed by atoms with Gasteiger partial charge in [0.25, 0.3) is 0 Å². The monoisotopic (exact) mass is 338 g/mol. The molecule has 1 N–H and O–H groups in total. The number of nitrogens with one attached hydrogen (secondary N) is 1. The average Bonchev–Trinajstić information content (AvgIpc) is 2.92. The number of rotatable bonds is 5. The summed E-state index contributed by atoms with van der Waals surface area (Å²) in [5, 5.41) is 3.07. The van der Waals surface area contributed by atoms with Crippen molar-refractivity contribution in [3.8, 4) is 5.75 Å². The SMILES string of the molecule is COc1cccc(NC(=O)[C@@H](c2ccccc2)N2CCCCCC2)c1. The van der Waals surface area contributed by atoms with Crippen LogP contribution in [0.5, 0.6) is 5.75 Å². The van der Waals surface area contributed by atoms with Crippen molar-refractivity contribution in [1.82, 2.24) is 4.90 Å². The van der Waals surface area contributed by atoms with Gasteiger partial charge in [0, 0.05) is 11.8 Å². The normalized spacial score (nSPS) is 16.7. The third-order valence-corrected chi connectivity index (χ3v) is 4.71. The van der Waals surface area contributed by atoms with Gasteiger partial charge in [0.2, 0.25) is 5.91 Å². The molecule has 4 nitrogen and oxygen atoms in total. The van der Waals surface area contributed by atoms with Crippen molar-refractivity contribution in [3.05, 3.63) is 60.2 Å². The average molecular weight is 338 g/mol. The van der Waals surface area contributed by atoms with Crippen molar-refractivity contribution in [2.45, 2.75) is 31.7 Å². The van der Waals surface area contributed by atoms with Crippen LogP contribution in [0.15, 0.2) is 54.6 Å². The molecule has 1 aliphatic rings. The van der Waals surface area contributed by atoms with Gasteiger partial charge in [0.15, 0.2) is 0 Å². The van der Waals surface area contributed by atoms with Crippen LogP contribution < -0.4 is 10.1 Å². The van der Waals surface area contributed by atoms with E-state index in [0.717, 1.165) is 42.9 Å². The number of benzene rings is 2. The lowest BCUT2D eigenvalue weighted by Crippen LogP contribution is -2.38. The second-order valence-corrected chi connectivity index (χ2v) is 6.48. The molecule has 25 heavy (non-hydrogen) atoms. The van der Waals surface area contributed by atoms with Crippen LogP contribution in [0.2, 0.25) is 0 Å². The van der Waals surface area contributed by atoms with Gasteiger partial charge in [-0.1, -0.05) is 49.2 Å². The number of ether oxygens (including phenoxy) is 1. The fourth-order valence-corrected chi connectivity index (χ4v) is 3.43. The second-order valence-electron chi connectivity index (χ2n) is 6.48. The Morgan fingerprint density at radius 3 is 2.40 bits per heavy atom. The highest BCUT2D eigenvalue weighted by Crippen LogP contribution is 2.26. The summed E-state index contributed by atoms with van der Waals surface area (Å²) in [4.78, 5) is 15.4. The van der Waals surface area contributed by atoms with Gasteiger partial charge in [-0.2, -0.15) is 0 Å². The molecule has 1 saturated heterocycles. The molecule has 0 aliphatic carbocycles. The second kappa shape index (κ2) is 8.67. The molecule has 1 amide bonds. The molecule has 0 unspecified atom stereocenters. The maximum absolute atomic E-state index is 13.1. The van der Waals surface area contributed by atoms with Crippen molar-refractivity contribution in [2.75, 3.05) is 25.5 Å². The van der Waals surface area contributed by atoms with Crippen molar-refractivity contribution in [1.29, 1.82) is 0 Å². The van der Waals surface area contributed by atoms with Crippen molar-refractivity contribution < 1.29 is 9.53 Å². The predicted molar refractivity (Wildman–Crippen MR) is 101 cm³/mol. The number of hydrogen-bond acceptors (Lipinski definition) is 3. The summed E-state index contributed by atoms with van der Waals surface area (Å²) in [5.74, 6) is 0.755. The fourth-order valence-electron chi connectivity index (χ4n) is 3.43. The Kier molecular flexibility index (Phi) is 6.07. The summed E-state index contributed by atoms with van der Waals surface area (Å²) in [6.07, 6.45) is 4.79. The predicted octanol–water partition coefficient (Wildman–Crippen LogP) is 4.25. The van der Waals surface area contributed by atoms with Crippen LogP contribution in [0, 0.1) is 0 Å². The maximum atomic E-state index is 13.1. The van der Waals surface area contributed by atoms with Gasteiger partial charge in [-0.15, -0.1) is 0 Å². The molecule has 3 rings (SSSR count). The molecule has 4 heteroatoms. The number of carbonyl (C=O) groups is 1. The summed E-state index contributed by atoms with van der Waals surface area (Å²) in [6.45, 7) is 1.93. The van der Waals surface area contributed by atoms with Crippen LogP contribution in [0.3, 0.4) is 0 Å². The van der Waals surface area contributed by atoms with Crippen molar-refractivity contribution in [2.24, 2.45) is 0 Å². The molecule has 132 valence electrons. The smallest absolute Gasteiger partial charge is 0.246 e. The summed E-state index contributed by atoms with van der Waals surface area (Å²) < 4.78 is 5.25. The molecule has 0 bridgehead atoms. The first-order chi connectivity index (χ1) is 12.3. The van der Waals surface area contributed by atoms with E-state index >= 15 is 0 Å². The molecule has 2 aromatic carbocycles. The molecule has 1 fully saturated rings. The Morgan fingerprint density at radius 1 is 1.00 bits per heavy atom. The molecule has 1 heterocycles. The number of methoxy groups -OCH3 is 1. The van der Waals surface area contributed by atoms with Crippen molar-refractivity contribution >= 4 is 11.6 Å². The minimum absolute atomic E-state index is 0.0151. The van der Waals surface area contributed by atoms with E-state index in [1.54, 1.807) is 7.11 Å². The number of hydrogen-bond donors (Lipinski definition) is 1. The lowest BCUT2D eigenvalue weighted by molar-refractivity contribution is -0.121. The van der Waals surface area contributed by atoms with Gasteiger partial charge >= 0.3 is 0 Å². The van der Waals surface area contributed by atoms with E-state index in [2.05, 4.69) is 10.2 Å². The van der Waals surface area contributed by atoms with Crippen LogP contribution in [0.25, 0.3) is 0 Å². The standard InChI is InChI=1S/C21H26N2O2/c1-25-19-13-9-12-18(16-19)22-21(24)20(17-10-5-4-6-11-17)23-14-7-2-3-8-15-23/h4-6,9-13,16,20H,2-3,7-8,14-15H2,1H3,(H,22,24)/t20-/m1/s1. The molecular formula is C21H26N2O2. The van der Waals surface area contributed by atoms with Gasteiger partial charge < -0.3 is 10.1 Å². The number of amides is 1. The lowest BCUT2D eigenvalue weighted by Gasteiger charge is -2.30. The number of likely N-dealkylation sites (tertiary alicyclic amines) is 1. The van der Waals surface area contributed by atoms with Crippen LogP contribution in [-0.2, 0) is 4.79 Å². The van der Waals surface area contributed by atoms with Gasteiger partial charge in [-0.3, -0.25) is 9.69 Å². The molecule has 0 radical (unpaired) electrons. The van der Waals surface area contributed by atoms with Gasteiger partial charge in [0.05, 0.1) is 7.11 Å². The Morgan fingerprint density at radius 2 is 1.72 bits per heavy atom. The fraction of sp³-hybridized carbons (Fsp3) is 0.381. The van der Waals surface area contributed by atoms with E-state index in [-0.39, 0.29) is 11.9 Å². The number of carbonyl (C=O) groups excluding carboxylic acids is 1. The first-order valence-corrected chi connectivity index (χ1v) is 9.02. The lowest BCUT2D eigenvalue weighted by atomic mass is 10.0. The van der Waals surface area contributed by atoms with E-state index in [4.69, 9.17) is 4.74 Å². The molecule has 0 saturated carbocycles. The first-order valence-electron chi connectivity index (χ1n) is 9.02. The zero-order valence-electron chi connectivity index (χ0n) is 14.8. The highest BCUT2D eigenvalue weighted by molar-refractivity contribution is 5.95. The minimum atomic E-state index is -0.259. The molecule has 1 aliphatic heterocycles. The van der Waals surface area contributed by atoms with Crippen LogP contribution in [0.4, 0.5) is 5.69 Å². The van der Waals surface area contributed by atoms with Gasteiger partial charge in [-0.25, -0.2) is 0 Å². The van der Waals surface area contributed by atoms with E-state index in [1.807, 2.05) is 54.6 Å². The number of nitrogens with zero attached hydrogens (tertiary/aromatic N) is 1. The third kappa shape index (κ3) is 4.60. The highest BCUT2D eigenvalue weighted by Gasteiger charge is 2.28. The summed E-state index contributed by atoms with van der Waals surface area (Å²) in [5.41, 5.74) is 1.81. The maximum Gasteiger partial charge on any atom is 0.246 e. The summed E-state index contributed by atoms with van der Waals surface area (Å²) in [7, 11) is 1.63. The zero-order chi connectivity index (χ0) is 17.5. The van der Waals surface area contributed by atoms with E-state index in [0.29, 0.717) is 0 Å². The molecule has 2 aromatic rings. The Bertz CT molecular complexity index is 679. The Hall–Kier alpha value is -2.33. The van der Waals surface area contributed by atoms with Crippen LogP contribution in [0.1, 0.15) is 37.3 Å². The van der Waals surface area contributed by atoms with E-state index in [9.17, 15) is 4.79 Å². The quantitative estimate of drug-likeness (QED) is 0.886. The zero-order valence-corrected chi connectivity index (χ0v) is 14.8. The topological polar surface area (TPSA) is 41.6 Å². The minimum Gasteiger partial charge on any atom is -0.497 e.